The number of hydrogen-bond acceptors (Lipinski definition) is 1. The van der Waals surface area contributed by atoms with Gasteiger partial charge in [-0.15, -0.1) is 0 Å². The summed E-state index contributed by atoms with van der Waals surface area (Å²) in [5.74, 6) is -0.681. The van der Waals surface area contributed by atoms with Gasteiger partial charge in [0.25, 0.3) is 0 Å². The third-order valence-corrected chi connectivity index (χ3v) is 2.52. The maximum atomic E-state index is 13.1. The Hall–Kier alpha value is -1.26. The summed E-state index contributed by atoms with van der Waals surface area (Å²) in [5.41, 5.74) is 0.119. The summed E-state index contributed by atoms with van der Waals surface area (Å²) < 4.78 is 55.3. The molecule has 1 nitrogen and oxygen atoms in total. The second-order valence-electron chi connectivity index (χ2n) is 5.19. The highest BCUT2D eigenvalue weighted by molar-refractivity contribution is 5.39. The lowest BCUT2D eigenvalue weighted by Gasteiger charge is -2.25. The first-order valence-electron chi connectivity index (χ1n) is 5.55. The summed E-state index contributed by atoms with van der Waals surface area (Å²) in [6.07, 6.45) is -6.44. The molecule has 0 aliphatic rings. The Morgan fingerprint density at radius 3 is 2.11 bits per heavy atom. The highest BCUT2D eigenvalue weighted by atomic mass is 19.4. The van der Waals surface area contributed by atoms with Crippen LogP contribution < -0.4 is 4.74 Å². The normalized spacial score (nSPS) is 14.4. The van der Waals surface area contributed by atoms with Crippen molar-refractivity contribution in [2.75, 3.05) is 0 Å². The maximum absolute atomic E-state index is 13.1. The van der Waals surface area contributed by atoms with Crippen molar-refractivity contribution in [3.05, 3.63) is 29.6 Å². The predicted molar refractivity (Wildman–Crippen MR) is 61.2 cm³/mol. The van der Waals surface area contributed by atoms with Gasteiger partial charge in [-0.05, 0) is 24.0 Å². The number of benzene rings is 1. The minimum atomic E-state index is -4.47. The third kappa shape index (κ3) is 3.62. The monoisotopic (exact) mass is 264 g/mol. The average molecular weight is 264 g/mol. The predicted octanol–water partition coefficient (Wildman–Crippen LogP) is 4.45. The lowest BCUT2D eigenvalue weighted by molar-refractivity contribution is -0.189. The van der Waals surface area contributed by atoms with Gasteiger partial charge in [-0.25, -0.2) is 4.39 Å². The fraction of sp³-hybridized carbons (Fsp3) is 0.538. The van der Waals surface area contributed by atoms with Crippen LogP contribution in [0.2, 0.25) is 0 Å². The van der Waals surface area contributed by atoms with Crippen molar-refractivity contribution in [2.45, 2.75) is 45.4 Å². The van der Waals surface area contributed by atoms with Crippen LogP contribution in [0.15, 0.2) is 18.2 Å². The highest BCUT2D eigenvalue weighted by Crippen LogP contribution is 2.34. The quantitative estimate of drug-likeness (QED) is 0.717. The molecular weight excluding hydrogens is 248 g/mol. The molecule has 0 fully saturated rings. The number of hydrogen-bond donors (Lipinski definition) is 0. The fourth-order valence-corrected chi connectivity index (χ4v) is 1.47. The smallest absolute Gasteiger partial charge is 0.425 e. The van der Waals surface area contributed by atoms with E-state index in [0.717, 1.165) is 13.0 Å². The van der Waals surface area contributed by atoms with Crippen LogP contribution in [0.3, 0.4) is 0 Å². The summed E-state index contributed by atoms with van der Waals surface area (Å²) in [6.45, 7) is 6.37. The van der Waals surface area contributed by atoms with Gasteiger partial charge >= 0.3 is 6.18 Å². The summed E-state index contributed by atoms with van der Waals surface area (Å²) >= 11 is 0. The van der Waals surface area contributed by atoms with E-state index in [1.807, 2.05) is 20.8 Å². The van der Waals surface area contributed by atoms with E-state index in [2.05, 4.69) is 0 Å². The standard InChI is InChI=1S/C13H16F4O/c1-8(13(15,16)17)18-11-7-9(14)5-6-10(11)12(2,3)4/h5-8H,1-4H3. The summed E-state index contributed by atoms with van der Waals surface area (Å²) in [7, 11) is 0. The lowest BCUT2D eigenvalue weighted by atomic mass is 9.86. The Bertz CT molecular complexity index is 418. The molecule has 0 aliphatic carbocycles. The van der Waals surface area contributed by atoms with Crippen LogP contribution in [-0.2, 0) is 5.41 Å². The number of rotatable bonds is 2. The first-order chi connectivity index (χ1) is 8.01. The molecule has 1 atom stereocenters. The Balaban J connectivity index is 3.11. The Morgan fingerprint density at radius 2 is 1.67 bits per heavy atom. The van der Waals surface area contributed by atoms with Gasteiger partial charge in [0.05, 0.1) is 0 Å². The molecule has 102 valence electrons. The third-order valence-electron chi connectivity index (χ3n) is 2.52. The van der Waals surface area contributed by atoms with Crippen LogP contribution in [0.1, 0.15) is 33.3 Å². The molecule has 1 unspecified atom stereocenters. The van der Waals surface area contributed by atoms with Gasteiger partial charge in [-0.3, -0.25) is 0 Å². The molecule has 18 heavy (non-hydrogen) atoms. The van der Waals surface area contributed by atoms with Gasteiger partial charge in [-0.1, -0.05) is 26.8 Å². The zero-order chi connectivity index (χ0) is 14.1. The molecule has 0 heterocycles. The Labute approximate surface area is 104 Å². The molecular formula is C13H16F4O. The second kappa shape index (κ2) is 4.78. The van der Waals surface area contributed by atoms with Gasteiger partial charge in [0.2, 0.25) is 0 Å². The summed E-state index contributed by atoms with van der Waals surface area (Å²) in [5, 5.41) is 0. The van der Waals surface area contributed by atoms with Gasteiger partial charge in [0.1, 0.15) is 11.6 Å². The number of ether oxygens (including phenoxy) is 1. The molecule has 0 radical (unpaired) electrons. The van der Waals surface area contributed by atoms with E-state index in [1.54, 1.807) is 0 Å². The molecule has 5 heteroatoms. The van der Waals surface area contributed by atoms with Crippen molar-refractivity contribution in [3.63, 3.8) is 0 Å². The molecule has 0 aliphatic heterocycles. The molecule has 0 saturated carbocycles. The van der Waals surface area contributed by atoms with Gasteiger partial charge in [0, 0.05) is 6.07 Å². The number of alkyl halides is 3. The maximum Gasteiger partial charge on any atom is 0.425 e. The summed E-state index contributed by atoms with van der Waals surface area (Å²) in [4.78, 5) is 0. The average Bonchev–Trinajstić information content (AvgIpc) is 2.13. The van der Waals surface area contributed by atoms with E-state index in [4.69, 9.17) is 4.74 Å². The second-order valence-corrected chi connectivity index (χ2v) is 5.19. The molecule has 0 spiro atoms. The molecule has 1 aromatic rings. The topological polar surface area (TPSA) is 9.23 Å². The van der Waals surface area contributed by atoms with Crippen LogP contribution >= 0.6 is 0 Å². The van der Waals surface area contributed by atoms with E-state index in [1.165, 1.54) is 12.1 Å². The molecule has 0 N–H and O–H groups in total. The van der Waals surface area contributed by atoms with Gasteiger partial charge < -0.3 is 4.74 Å². The van der Waals surface area contributed by atoms with Crippen LogP contribution in [0, 0.1) is 5.82 Å². The van der Waals surface area contributed by atoms with E-state index in [9.17, 15) is 17.6 Å². The van der Waals surface area contributed by atoms with E-state index in [0.29, 0.717) is 5.56 Å². The van der Waals surface area contributed by atoms with Crippen LogP contribution in [0.25, 0.3) is 0 Å². The summed E-state index contributed by atoms with van der Waals surface area (Å²) in [6, 6.07) is 3.66. The molecule has 0 saturated heterocycles. The molecule has 0 bridgehead atoms. The number of halogens is 4. The van der Waals surface area contributed by atoms with Gasteiger partial charge in [-0.2, -0.15) is 13.2 Å². The lowest BCUT2D eigenvalue weighted by Crippen LogP contribution is -2.32. The van der Waals surface area contributed by atoms with Crippen molar-refractivity contribution in [1.29, 1.82) is 0 Å². The first kappa shape index (κ1) is 14.8. The van der Waals surface area contributed by atoms with Gasteiger partial charge in [0.15, 0.2) is 6.10 Å². The van der Waals surface area contributed by atoms with Crippen LogP contribution in [-0.4, -0.2) is 12.3 Å². The van der Waals surface area contributed by atoms with Crippen LogP contribution in [0.5, 0.6) is 5.75 Å². The van der Waals surface area contributed by atoms with Crippen molar-refractivity contribution in [3.8, 4) is 5.75 Å². The van der Waals surface area contributed by atoms with E-state index >= 15 is 0 Å². The highest BCUT2D eigenvalue weighted by Gasteiger charge is 2.38. The minimum absolute atomic E-state index is 0.0627. The molecule has 1 aromatic carbocycles. The molecule has 0 amide bonds. The Morgan fingerprint density at radius 1 is 1.11 bits per heavy atom. The fourth-order valence-electron chi connectivity index (χ4n) is 1.47. The SMILES string of the molecule is CC(Oc1cc(F)ccc1C(C)(C)C)C(F)(F)F. The van der Waals surface area contributed by atoms with E-state index in [-0.39, 0.29) is 5.75 Å². The zero-order valence-corrected chi connectivity index (χ0v) is 10.7. The van der Waals surface area contributed by atoms with Crippen molar-refractivity contribution in [2.24, 2.45) is 0 Å². The Kier molecular flexibility index (Phi) is 3.93. The van der Waals surface area contributed by atoms with Crippen molar-refractivity contribution in [1.82, 2.24) is 0 Å². The van der Waals surface area contributed by atoms with E-state index < -0.39 is 23.5 Å². The zero-order valence-electron chi connectivity index (χ0n) is 10.7. The largest absolute Gasteiger partial charge is 0.481 e. The van der Waals surface area contributed by atoms with Crippen LogP contribution in [0.4, 0.5) is 17.6 Å². The van der Waals surface area contributed by atoms with Crippen molar-refractivity contribution < 1.29 is 22.3 Å². The first-order valence-corrected chi connectivity index (χ1v) is 5.55. The molecule has 0 aromatic heterocycles. The minimum Gasteiger partial charge on any atom is -0.481 e. The molecule has 1 rings (SSSR count). The van der Waals surface area contributed by atoms with Crippen molar-refractivity contribution >= 4 is 0 Å².